The highest BCUT2D eigenvalue weighted by Crippen LogP contribution is 2.27. The van der Waals surface area contributed by atoms with E-state index in [2.05, 4.69) is 5.16 Å². The van der Waals surface area contributed by atoms with Crippen LogP contribution in [0.1, 0.15) is 13.3 Å². The molecule has 0 spiro atoms. The highest BCUT2D eigenvalue weighted by atomic mass is 19.4. The molecule has 0 rings (SSSR count). The molecule has 0 aliphatic carbocycles. The molecule has 8 heteroatoms. The Morgan fingerprint density at radius 3 is 2.35 bits per heavy atom. The molecule has 0 fully saturated rings. The van der Waals surface area contributed by atoms with Crippen molar-refractivity contribution < 1.29 is 23.5 Å². The molecule has 0 aliphatic rings. The maximum Gasteiger partial charge on any atom is 0.400 e. The van der Waals surface area contributed by atoms with Crippen molar-refractivity contribution in [1.82, 2.24) is 4.90 Å². The Morgan fingerprint density at radius 2 is 2.00 bits per heavy atom. The Morgan fingerprint density at radius 1 is 1.41 bits per heavy atom. The van der Waals surface area contributed by atoms with Gasteiger partial charge in [0, 0.05) is 13.1 Å². The lowest BCUT2D eigenvalue weighted by atomic mass is 10.1. The van der Waals surface area contributed by atoms with Crippen molar-refractivity contribution in [3.05, 3.63) is 0 Å². The zero-order chi connectivity index (χ0) is 13.5. The highest BCUT2D eigenvalue weighted by Gasteiger charge is 2.43. The number of nitrogens with two attached hydrogens (primary N) is 1. The first-order valence-corrected chi connectivity index (χ1v) is 5.24. The average molecular weight is 257 g/mol. The van der Waals surface area contributed by atoms with Crippen LogP contribution >= 0.6 is 0 Å². The number of hydrogen-bond acceptors (Lipinski definition) is 4. The van der Waals surface area contributed by atoms with Crippen molar-refractivity contribution in [3.63, 3.8) is 0 Å². The van der Waals surface area contributed by atoms with E-state index in [0.29, 0.717) is 13.0 Å². The summed E-state index contributed by atoms with van der Waals surface area (Å²) in [6.45, 7) is 1.69. The van der Waals surface area contributed by atoms with E-state index in [4.69, 9.17) is 16.0 Å². The lowest BCUT2D eigenvalue weighted by Crippen LogP contribution is -2.45. The molecule has 0 aromatic carbocycles. The lowest BCUT2D eigenvalue weighted by molar-refractivity contribution is -0.160. The van der Waals surface area contributed by atoms with Crippen LogP contribution in [0, 0.1) is 5.92 Å². The number of hydrogen-bond donors (Lipinski definition) is 3. The Balaban J connectivity index is 4.71. The fourth-order valence-electron chi connectivity index (χ4n) is 1.44. The lowest BCUT2D eigenvalue weighted by Gasteiger charge is -2.27. The second-order valence-electron chi connectivity index (χ2n) is 3.64. The van der Waals surface area contributed by atoms with Gasteiger partial charge in [-0.1, -0.05) is 12.1 Å². The first kappa shape index (κ1) is 16.0. The Labute approximate surface area is 97.7 Å². The molecule has 102 valence electrons. The van der Waals surface area contributed by atoms with Crippen molar-refractivity contribution in [2.75, 3.05) is 26.2 Å². The zero-order valence-corrected chi connectivity index (χ0v) is 9.61. The smallest absolute Gasteiger partial charge is 0.400 e. The van der Waals surface area contributed by atoms with Crippen molar-refractivity contribution >= 4 is 5.84 Å². The maximum absolute atomic E-state index is 12.6. The summed E-state index contributed by atoms with van der Waals surface area (Å²) in [5, 5.41) is 19.5. The van der Waals surface area contributed by atoms with Gasteiger partial charge in [-0.05, 0) is 13.0 Å². The number of nitrogens with zero attached hydrogens (tertiary/aromatic N) is 2. The van der Waals surface area contributed by atoms with Crippen LogP contribution in [0.5, 0.6) is 0 Å². The summed E-state index contributed by atoms with van der Waals surface area (Å²) < 4.78 is 37.9. The van der Waals surface area contributed by atoms with Gasteiger partial charge in [-0.3, -0.25) is 4.90 Å². The van der Waals surface area contributed by atoms with Crippen LogP contribution in [-0.4, -0.2) is 53.5 Å². The molecule has 0 radical (unpaired) electrons. The summed E-state index contributed by atoms with van der Waals surface area (Å²) in [6.07, 6.45) is -3.92. The summed E-state index contributed by atoms with van der Waals surface area (Å²) in [6, 6.07) is 0. The standard InChI is InChI=1S/C9H18F3N3O2/c1-2-3-15(4-5-16)6-7(8(13)14-17)9(10,11)12/h7,16-17H,2-6H2,1H3,(H2,13,14). The van der Waals surface area contributed by atoms with Crippen LogP contribution in [-0.2, 0) is 0 Å². The van der Waals surface area contributed by atoms with E-state index in [-0.39, 0.29) is 13.2 Å². The van der Waals surface area contributed by atoms with E-state index >= 15 is 0 Å². The molecule has 0 aromatic heterocycles. The summed E-state index contributed by atoms with van der Waals surface area (Å²) in [7, 11) is 0. The third-order valence-corrected chi connectivity index (χ3v) is 2.26. The van der Waals surface area contributed by atoms with E-state index in [9.17, 15) is 13.2 Å². The molecule has 5 nitrogen and oxygen atoms in total. The molecule has 0 saturated carbocycles. The van der Waals surface area contributed by atoms with Crippen LogP contribution in [0.15, 0.2) is 5.16 Å². The van der Waals surface area contributed by atoms with Gasteiger partial charge in [0.2, 0.25) is 0 Å². The number of halogens is 3. The highest BCUT2D eigenvalue weighted by molar-refractivity contribution is 5.83. The molecule has 1 atom stereocenters. The topological polar surface area (TPSA) is 82.1 Å². The Bertz CT molecular complexity index is 240. The normalized spacial score (nSPS) is 15.3. The van der Waals surface area contributed by atoms with Crippen molar-refractivity contribution in [1.29, 1.82) is 0 Å². The third kappa shape index (κ3) is 5.73. The van der Waals surface area contributed by atoms with Crippen LogP contribution in [0.2, 0.25) is 0 Å². The number of amidine groups is 1. The van der Waals surface area contributed by atoms with Gasteiger partial charge < -0.3 is 16.0 Å². The van der Waals surface area contributed by atoms with Gasteiger partial charge in [-0.15, -0.1) is 0 Å². The van der Waals surface area contributed by atoms with Gasteiger partial charge >= 0.3 is 6.18 Å². The van der Waals surface area contributed by atoms with Crippen LogP contribution in [0.4, 0.5) is 13.2 Å². The van der Waals surface area contributed by atoms with E-state index in [0.717, 1.165) is 0 Å². The van der Waals surface area contributed by atoms with Gasteiger partial charge in [-0.25, -0.2) is 0 Å². The van der Waals surface area contributed by atoms with E-state index < -0.39 is 24.5 Å². The molecule has 1 unspecified atom stereocenters. The SMILES string of the molecule is CCCN(CCO)CC(C(N)=NO)C(F)(F)F. The molecule has 0 aliphatic heterocycles. The van der Waals surface area contributed by atoms with E-state index in [1.54, 1.807) is 0 Å². The van der Waals surface area contributed by atoms with E-state index in [1.165, 1.54) is 4.90 Å². The molecule has 0 amide bonds. The minimum atomic E-state index is -4.57. The fourth-order valence-corrected chi connectivity index (χ4v) is 1.44. The van der Waals surface area contributed by atoms with E-state index in [1.807, 2.05) is 6.92 Å². The number of alkyl halides is 3. The monoisotopic (exact) mass is 257 g/mol. The Hall–Kier alpha value is -1.02. The second kappa shape index (κ2) is 7.33. The van der Waals surface area contributed by atoms with Crippen molar-refractivity contribution in [3.8, 4) is 0 Å². The quantitative estimate of drug-likeness (QED) is 0.270. The maximum atomic E-state index is 12.6. The van der Waals surface area contributed by atoms with Crippen molar-refractivity contribution in [2.24, 2.45) is 16.8 Å². The summed E-state index contributed by atoms with van der Waals surface area (Å²) in [5.41, 5.74) is 5.03. The fraction of sp³-hybridized carbons (Fsp3) is 0.889. The Kier molecular flexibility index (Phi) is 6.89. The molecule has 4 N–H and O–H groups in total. The zero-order valence-electron chi connectivity index (χ0n) is 9.61. The average Bonchev–Trinajstić information content (AvgIpc) is 2.23. The summed E-state index contributed by atoms with van der Waals surface area (Å²) in [5.74, 6) is -2.89. The molecule has 0 saturated heterocycles. The van der Waals surface area contributed by atoms with Gasteiger partial charge in [0.1, 0.15) is 5.92 Å². The van der Waals surface area contributed by atoms with Gasteiger partial charge in [-0.2, -0.15) is 13.2 Å². The number of aliphatic hydroxyl groups is 1. The number of aliphatic hydroxyl groups excluding tert-OH is 1. The predicted molar refractivity (Wildman–Crippen MR) is 56.8 cm³/mol. The van der Waals surface area contributed by atoms with Gasteiger partial charge in [0.05, 0.1) is 6.61 Å². The molecule has 0 aromatic rings. The number of oxime groups is 1. The first-order valence-electron chi connectivity index (χ1n) is 5.24. The number of rotatable bonds is 7. The van der Waals surface area contributed by atoms with Gasteiger partial charge in [0.15, 0.2) is 5.84 Å². The minimum Gasteiger partial charge on any atom is -0.409 e. The van der Waals surface area contributed by atoms with Crippen LogP contribution in [0.25, 0.3) is 0 Å². The van der Waals surface area contributed by atoms with Crippen molar-refractivity contribution in [2.45, 2.75) is 19.5 Å². The van der Waals surface area contributed by atoms with Gasteiger partial charge in [0.25, 0.3) is 0 Å². The second-order valence-corrected chi connectivity index (χ2v) is 3.64. The summed E-state index contributed by atoms with van der Waals surface area (Å²) >= 11 is 0. The molecular formula is C9H18F3N3O2. The van der Waals surface area contributed by atoms with Crippen LogP contribution in [0.3, 0.4) is 0 Å². The predicted octanol–water partition coefficient (Wildman–Crippen LogP) is 0.616. The first-order chi connectivity index (χ1) is 7.86. The molecular weight excluding hydrogens is 239 g/mol. The third-order valence-electron chi connectivity index (χ3n) is 2.26. The molecule has 0 bridgehead atoms. The molecule has 0 heterocycles. The molecule has 17 heavy (non-hydrogen) atoms. The largest absolute Gasteiger partial charge is 0.409 e. The van der Waals surface area contributed by atoms with Crippen LogP contribution < -0.4 is 5.73 Å². The summed E-state index contributed by atoms with van der Waals surface area (Å²) in [4.78, 5) is 1.43. The minimum absolute atomic E-state index is 0.124.